The van der Waals surface area contributed by atoms with Crippen molar-refractivity contribution in [1.29, 1.82) is 0 Å². The molecule has 0 aliphatic heterocycles. The highest BCUT2D eigenvalue weighted by Crippen LogP contribution is 2.28. The molecule has 2 amide bonds. The fraction of sp³-hybridized carbons (Fsp3) is 0.280. The van der Waals surface area contributed by atoms with Crippen LogP contribution < -0.4 is 29.6 Å². The lowest BCUT2D eigenvalue weighted by Crippen LogP contribution is -2.28. The molecule has 0 bridgehead atoms. The number of ether oxygens (including phenoxy) is 4. The summed E-state index contributed by atoms with van der Waals surface area (Å²) in [6.45, 7) is 0.879. The predicted octanol–water partition coefficient (Wildman–Crippen LogP) is 3.07. The van der Waals surface area contributed by atoms with Crippen LogP contribution in [0.2, 0.25) is 0 Å². The second-order valence-electron chi connectivity index (χ2n) is 6.83. The number of methoxy groups -OCH3 is 4. The van der Waals surface area contributed by atoms with Crippen molar-refractivity contribution in [3.05, 3.63) is 59.7 Å². The van der Waals surface area contributed by atoms with Crippen LogP contribution in [-0.2, 0) is 9.59 Å². The normalized spacial score (nSPS) is 10.8. The van der Waals surface area contributed by atoms with E-state index in [4.69, 9.17) is 18.9 Å². The first-order valence-electron chi connectivity index (χ1n) is 10.4. The Labute approximate surface area is 194 Å². The van der Waals surface area contributed by atoms with Crippen LogP contribution in [0.3, 0.4) is 0 Å². The molecule has 0 saturated heterocycles. The Bertz CT molecular complexity index is 921. The van der Waals surface area contributed by atoms with Crippen LogP contribution in [-0.4, -0.2) is 53.3 Å². The number of rotatable bonds is 12. The third-order valence-corrected chi connectivity index (χ3v) is 4.62. The number of benzene rings is 2. The average molecular weight is 455 g/mol. The van der Waals surface area contributed by atoms with Crippen LogP contribution in [0, 0.1) is 0 Å². The van der Waals surface area contributed by atoms with Crippen molar-refractivity contribution in [1.82, 2.24) is 10.6 Å². The molecule has 0 unspecified atom stereocenters. The van der Waals surface area contributed by atoms with Gasteiger partial charge in [-0.2, -0.15) is 0 Å². The van der Waals surface area contributed by atoms with E-state index in [-0.39, 0.29) is 11.8 Å². The van der Waals surface area contributed by atoms with E-state index in [9.17, 15) is 9.59 Å². The molecule has 2 aromatic rings. The molecule has 8 nitrogen and oxygen atoms in total. The fourth-order valence-electron chi connectivity index (χ4n) is 2.89. The van der Waals surface area contributed by atoms with Gasteiger partial charge in [0.15, 0.2) is 23.0 Å². The van der Waals surface area contributed by atoms with Crippen molar-refractivity contribution in [2.24, 2.45) is 0 Å². The Morgan fingerprint density at radius 2 is 1.06 bits per heavy atom. The van der Waals surface area contributed by atoms with Gasteiger partial charge >= 0.3 is 0 Å². The number of hydrogen-bond donors (Lipinski definition) is 2. The molecule has 8 heteroatoms. The van der Waals surface area contributed by atoms with E-state index in [2.05, 4.69) is 10.6 Å². The zero-order chi connectivity index (χ0) is 24.1. The van der Waals surface area contributed by atoms with Gasteiger partial charge in [0.25, 0.3) is 0 Å². The number of nitrogens with one attached hydrogen (secondary N) is 2. The second kappa shape index (κ2) is 13.5. The van der Waals surface area contributed by atoms with Crippen LogP contribution >= 0.6 is 0 Å². The Balaban J connectivity index is 1.70. The van der Waals surface area contributed by atoms with Crippen molar-refractivity contribution in [2.45, 2.75) is 6.42 Å². The lowest BCUT2D eigenvalue weighted by Gasteiger charge is -2.08. The standard InChI is InChI=1S/C25H30N2O6/c1-30-20-10-6-18(16-22(20)32-3)8-12-24(28)26-14-5-15-27-25(29)13-9-19-7-11-21(31-2)23(17-19)33-4/h6-13,16-17H,5,14-15H2,1-4H3,(H,26,28)(H,27,29)/b12-8-,13-9+. The largest absolute Gasteiger partial charge is 0.493 e. The highest BCUT2D eigenvalue weighted by Gasteiger charge is 2.04. The number of carbonyl (C=O) groups excluding carboxylic acids is 2. The van der Waals surface area contributed by atoms with Gasteiger partial charge in [-0.15, -0.1) is 0 Å². The van der Waals surface area contributed by atoms with Crippen LogP contribution in [0.25, 0.3) is 12.2 Å². The summed E-state index contributed by atoms with van der Waals surface area (Å²) in [5.41, 5.74) is 1.63. The van der Waals surface area contributed by atoms with Gasteiger partial charge in [-0.25, -0.2) is 0 Å². The summed E-state index contributed by atoms with van der Waals surface area (Å²) in [7, 11) is 6.25. The first-order chi connectivity index (χ1) is 16.0. The summed E-state index contributed by atoms with van der Waals surface area (Å²) in [6, 6.07) is 10.8. The van der Waals surface area contributed by atoms with Gasteiger partial charge in [0, 0.05) is 25.2 Å². The van der Waals surface area contributed by atoms with E-state index in [1.165, 1.54) is 12.2 Å². The van der Waals surface area contributed by atoms with Crippen LogP contribution in [0.15, 0.2) is 48.6 Å². The van der Waals surface area contributed by atoms with E-state index >= 15 is 0 Å². The summed E-state index contributed by atoms with van der Waals surface area (Å²) < 4.78 is 20.9. The summed E-state index contributed by atoms with van der Waals surface area (Å²) in [4.78, 5) is 24.0. The van der Waals surface area contributed by atoms with E-state index in [0.717, 1.165) is 11.1 Å². The number of hydrogen-bond acceptors (Lipinski definition) is 6. The van der Waals surface area contributed by atoms with Crippen molar-refractivity contribution in [3.63, 3.8) is 0 Å². The molecular weight excluding hydrogens is 424 g/mol. The van der Waals surface area contributed by atoms with E-state index in [1.807, 2.05) is 12.1 Å². The van der Waals surface area contributed by atoms with Crippen molar-refractivity contribution in [3.8, 4) is 23.0 Å². The predicted molar refractivity (Wildman–Crippen MR) is 128 cm³/mol. The summed E-state index contributed by atoms with van der Waals surface area (Å²) in [5.74, 6) is 2.00. The summed E-state index contributed by atoms with van der Waals surface area (Å²) >= 11 is 0. The molecule has 2 aromatic carbocycles. The molecule has 2 N–H and O–H groups in total. The maximum atomic E-state index is 12.0. The SMILES string of the molecule is COc1ccc(/C=C\C(=O)NCCCNC(=O)/C=C/c2ccc(OC)c(OC)c2)cc1OC. The topological polar surface area (TPSA) is 95.1 Å². The Kier molecular flexibility index (Phi) is 10.3. The third kappa shape index (κ3) is 8.25. The fourth-order valence-corrected chi connectivity index (χ4v) is 2.89. The maximum Gasteiger partial charge on any atom is 0.244 e. The second-order valence-corrected chi connectivity index (χ2v) is 6.83. The molecule has 0 atom stereocenters. The zero-order valence-electron chi connectivity index (χ0n) is 19.3. The van der Waals surface area contributed by atoms with Gasteiger partial charge in [0.2, 0.25) is 11.8 Å². The molecule has 176 valence electrons. The molecular formula is C25H30N2O6. The Hall–Kier alpha value is -3.94. The zero-order valence-corrected chi connectivity index (χ0v) is 19.3. The molecule has 0 aliphatic rings. The van der Waals surface area contributed by atoms with Crippen LogP contribution in [0.5, 0.6) is 23.0 Å². The Morgan fingerprint density at radius 1 is 0.667 bits per heavy atom. The molecule has 0 aromatic heterocycles. The smallest absolute Gasteiger partial charge is 0.244 e. The minimum absolute atomic E-state index is 0.218. The molecule has 0 fully saturated rings. The van der Waals surface area contributed by atoms with Crippen molar-refractivity contribution >= 4 is 24.0 Å². The summed E-state index contributed by atoms with van der Waals surface area (Å²) in [5, 5.41) is 5.56. The molecule has 0 heterocycles. The molecule has 0 aliphatic carbocycles. The quantitative estimate of drug-likeness (QED) is 0.378. The third-order valence-electron chi connectivity index (χ3n) is 4.62. The van der Waals surface area contributed by atoms with Crippen LogP contribution in [0.4, 0.5) is 0 Å². The van der Waals surface area contributed by atoms with Crippen LogP contribution in [0.1, 0.15) is 17.5 Å². The number of carbonyl (C=O) groups is 2. The first kappa shape index (κ1) is 25.3. The lowest BCUT2D eigenvalue weighted by atomic mass is 10.2. The minimum atomic E-state index is -0.218. The van der Waals surface area contributed by atoms with Gasteiger partial charge in [0.1, 0.15) is 0 Å². The summed E-state index contributed by atoms with van der Waals surface area (Å²) in [6.07, 6.45) is 6.89. The molecule has 0 radical (unpaired) electrons. The van der Waals surface area contributed by atoms with Gasteiger partial charge in [0.05, 0.1) is 28.4 Å². The van der Waals surface area contributed by atoms with Crippen molar-refractivity contribution < 1.29 is 28.5 Å². The van der Waals surface area contributed by atoms with E-state index < -0.39 is 0 Å². The molecule has 0 saturated carbocycles. The van der Waals surface area contributed by atoms with E-state index in [0.29, 0.717) is 42.5 Å². The minimum Gasteiger partial charge on any atom is -0.493 e. The molecule has 2 rings (SSSR count). The monoisotopic (exact) mass is 454 g/mol. The molecule has 33 heavy (non-hydrogen) atoms. The lowest BCUT2D eigenvalue weighted by molar-refractivity contribution is -0.116. The van der Waals surface area contributed by atoms with Gasteiger partial charge < -0.3 is 29.6 Å². The van der Waals surface area contributed by atoms with Gasteiger partial charge in [-0.1, -0.05) is 12.1 Å². The Morgan fingerprint density at radius 3 is 1.42 bits per heavy atom. The highest BCUT2D eigenvalue weighted by atomic mass is 16.5. The maximum absolute atomic E-state index is 12.0. The van der Waals surface area contributed by atoms with Gasteiger partial charge in [-0.05, 0) is 54.0 Å². The first-order valence-corrected chi connectivity index (χ1v) is 10.4. The van der Waals surface area contributed by atoms with E-state index in [1.54, 1.807) is 64.9 Å². The number of amides is 2. The van der Waals surface area contributed by atoms with Gasteiger partial charge in [-0.3, -0.25) is 9.59 Å². The highest BCUT2D eigenvalue weighted by molar-refractivity contribution is 5.92. The van der Waals surface area contributed by atoms with Crippen molar-refractivity contribution in [2.75, 3.05) is 41.5 Å². The average Bonchev–Trinajstić information content (AvgIpc) is 2.85. The molecule has 0 spiro atoms.